The van der Waals surface area contributed by atoms with E-state index in [1.807, 2.05) is 6.92 Å². The zero-order valence-corrected chi connectivity index (χ0v) is 16.4. The summed E-state index contributed by atoms with van der Waals surface area (Å²) in [5.74, 6) is -2.72. The Hall–Kier alpha value is -2.58. The molecule has 9 nitrogen and oxygen atoms in total. The van der Waals surface area contributed by atoms with Crippen LogP contribution in [-0.4, -0.2) is 55.3 Å². The van der Waals surface area contributed by atoms with Gasteiger partial charge in [0.15, 0.2) is 0 Å². The standard InChI is InChI=1S/C18H27NO8/c1-7-13(25-11(4)21)9(2)17-16(19-10(3)20)14(26-12(5)22)8-15(27-17)18(23)24-6/h8-9,13-14,16-17H,7H2,1-6H3,(H,19,20)/t9-,13-,14+,16-,17+/m1/s1. The molecule has 0 saturated carbocycles. The summed E-state index contributed by atoms with van der Waals surface area (Å²) in [6.07, 6.45) is -0.496. The molecule has 0 aromatic rings. The third kappa shape index (κ3) is 6.26. The van der Waals surface area contributed by atoms with Crippen LogP contribution in [-0.2, 0) is 38.1 Å². The second-order valence-corrected chi connectivity index (χ2v) is 6.32. The molecule has 1 N–H and O–H groups in total. The number of rotatable bonds is 7. The Bertz CT molecular complexity index is 614. The predicted octanol–water partition coefficient (Wildman–Crippen LogP) is 0.856. The van der Waals surface area contributed by atoms with E-state index in [0.717, 1.165) is 0 Å². The molecule has 1 rings (SSSR count). The van der Waals surface area contributed by atoms with Crippen LogP contribution in [0.15, 0.2) is 11.8 Å². The summed E-state index contributed by atoms with van der Waals surface area (Å²) >= 11 is 0. The molecule has 1 heterocycles. The fourth-order valence-electron chi connectivity index (χ4n) is 3.04. The molecule has 152 valence electrons. The average molecular weight is 385 g/mol. The fourth-order valence-corrected chi connectivity index (χ4v) is 3.04. The van der Waals surface area contributed by atoms with Crippen LogP contribution >= 0.6 is 0 Å². The van der Waals surface area contributed by atoms with Crippen LogP contribution in [0.3, 0.4) is 0 Å². The number of hydrogen-bond donors (Lipinski definition) is 1. The first-order chi connectivity index (χ1) is 12.6. The second kappa shape index (κ2) is 9.94. The van der Waals surface area contributed by atoms with Gasteiger partial charge in [0.2, 0.25) is 11.7 Å². The molecule has 0 aliphatic carbocycles. The molecule has 27 heavy (non-hydrogen) atoms. The van der Waals surface area contributed by atoms with Crippen molar-refractivity contribution in [2.24, 2.45) is 5.92 Å². The number of nitrogens with one attached hydrogen (secondary N) is 1. The maximum atomic E-state index is 12.0. The predicted molar refractivity (Wildman–Crippen MR) is 93.1 cm³/mol. The van der Waals surface area contributed by atoms with Gasteiger partial charge in [-0.3, -0.25) is 14.4 Å². The van der Waals surface area contributed by atoms with Crippen molar-refractivity contribution in [1.29, 1.82) is 0 Å². The van der Waals surface area contributed by atoms with Crippen LogP contribution in [0.25, 0.3) is 0 Å². The van der Waals surface area contributed by atoms with E-state index >= 15 is 0 Å². The number of esters is 3. The highest BCUT2D eigenvalue weighted by Gasteiger charge is 2.44. The lowest BCUT2D eigenvalue weighted by Gasteiger charge is -2.40. The molecule has 1 amide bonds. The number of carbonyl (C=O) groups is 4. The Morgan fingerprint density at radius 1 is 1.19 bits per heavy atom. The Morgan fingerprint density at radius 3 is 2.26 bits per heavy atom. The summed E-state index contributed by atoms with van der Waals surface area (Å²) in [6.45, 7) is 7.43. The van der Waals surface area contributed by atoms with E-state index in [9.17, 15) is 19.2 Å². The topological polar surface area (TPSA) is 117 Å². The quantitative estimate of drug-likeness (QED) is 0.506. The van der Waals surface area contributed by atoms with E-state index < -0.39 is 48.2 Å². The summed E-state index contributed by atoms with van der Waals surface area (Å²) in [6, 6.07) is -0.778. The van der Waals surface area contributed by atoms with Crippen LogP contribution in [0.1, 0.15) is 41.0 Å². The molecule has 0 saturated heterocycles. The maximum absolute atomic E-state index is 12.0. The van der Waals surface area contributed by atoms with Crippen LogP contribution in [0, 0.1) is 5.92 Å². The number of ether oxygens (including phenoxy) is 4. The Kier molecular flexibility index (Phi) is 8.27. The van der Waals surface area contributed by atoms with Gasteiger partial charge in [-0.25, -0.2) is 4.79 Å². The third-order valence-electron chi connectivity index (χ3n) is 4.17. The normalized spacial score (nSPS) is 23.8. The highest BCUT2D eigenvalue weighted by molar-refractivity contribution is 5.86. The van der Waals surface area contributed by atoms with Gasteiger partial charge in [0.05, 0.1) is 7.11 Å². The van der Waals surface area contributed by atoms with Crippen molar-refractivity contribution >= 4 is 23.8 Å². The van der Waals surface area contributed by atoms with Crippen LogP contribution in [0.5, 0.6) is 0 Å². The van der Waals surface area contributed by atoms with E-state index in [1.54, 1.807) is 6.92 Å². The minimum absolute atomic E-state index is 0.139. The van der Waals surface area contributed by atoms with Crippen molar-refractivity contribution in [2.75, 3.05) is 7.11 Å². The third-order valence-corrected chi connectivity index (χ3v) is 4.17. The summed E-state index contributed by atoms with van der Waals surface area (Å²) in [7, 11) is 1.19. The Morgan fingerprint density at radius 2 is 1.81 bits per heavy atom. The molecule has 0 radical (unpaired) electrons. The highest BCUT2D eigenvalue weighted by atomic mass is 16.6. The number of hydrogen-bond acceptors (Lipinski definition) is 8. The summed E-state index contributed by atoms with van der Waals surface area (Å²) < 4.78 is 21.1. The van der Waals surface area contributed by atoms with Crippen molar-refractivity contribution in [1.82, 2.24) is 5.32 Å². The molecule has 5 atom stereocenters. The molecule has 0 bridgehead atoms. The Balaban J connectivity index is 3.30. The zero-order valence-electron chi connectivity index (χ0n) is 16.4. The van der Waals surface area contributed by atoms with Crippen molar-refractivity contribution in [3.63, 3.8) is 0 Å². The van der Waals surface area contributed by atoms with E-state index in [2.05, 4.69) is 5.32 Å². The van der Waals surface area contributed by atoms with Gasteiger partial charge in [-0.15, -0.1) is 0 Å². The minimum Gasteiger partial charge on any atom is -0.481 e. The van der Waals surface area contributed by atoms with Gasteiger partial charge in [-0.2, -0.15) is 0 Å². The van der Waals surface area contributed by atoms with Crippen molar-refractivity contribution in [3.8, 4) is 0 Å². The van der Waals surface area contributed by atoms with Crippen LogP contribution in [0.2, 0.25) is 0 Å². The van der Waals surface area contributed by atoms with Gasteiger partial charge in [0.1, 0.15) is 24.4 Å². The van der Waals surface area contributed by atoms with Gasteiger partial charge in [0, 0.05) is 32.8 Å². The lowest BCUT2D eigenvalue weighted by molar-refractivity contribution is -0.161. The molecular formula is C18H27NO8. The molecule has 0 fully saturated rings. The van der Waals surface area contributed by atoms with E-state index in [0.29, 0.717) is 6.42 Å². The van der Waals surface area contributed by atoms with Gasteiger partial charge in [-0.1, -0.05) is 13.8 Å². The molecule has 1 aliphatic rings. The van der Waals surface area contributed by atoms with Crippen molar-refractivity contribution in [2.45, 2.75) is 65.4 Å². The molecular weight excluding hydrogens is 358 g/mol. The first-order valence-corrected chi connectivity index (χ1v) is 8.69. The summed E-state index contributed by atoms with van der Waals surface area (Å²) in [4.78, 5) is 46.6. The molecule has 9 heteroatoms. The summed E-state index contributed by atoms with van der Waals surface area (Å²) in [5, 5.41) is 2.70. The van der Waals surface area contributed by atoms with Crippen molar-refractivity contribution < 1.29 is 38.1 Å². The number of amides is 1. The zero-order chi connectivity index (χ0) is 20.7. The van der Waals surface area contributed by atoms with Crippen LogP contribution in [0.4, 0.5) is 0 Å². The first-order valence-electron chi connectivity index (χ1n) is 8.69. The average Bonchev–Trinajstić information content (AvgIpc) is 2.58. The molecule has 0 spiro atoms. The minimum atomic E-state index is -0.948. The van der Waals surface area contributed by atoms with E-state index in [-0.39, 0.29) is 11.7 Å². The number of methoxy groups -OCH3 is 1. The van der Waals surface area contributed by atoms with Crippen molar-refractivity contribution in [3.05, 3.63) is 11.8 Å². The van der Waals surface area contributed by atoms with Gasteiger partial charge >= 0.3 is 17.9 Å². The van der Waals surface area contributed by atoms with Crippen LogP contribution < -0.4 is 5.32 Å². The highest BCUT2D eigenvalue weighted by Crippen LogP contribution is 2.30. The maximum Gasteiger partial charge on any atom is 0.373 e. The van der Waals surface area contributed by atoms with Gasteiger partial charge in [0.25, 0.3) is 0 Å². The summed E-state index contributed by atoms with van der Waals surface area (Å²) in [5.41, 5.74) is 0. The molecule has 1 aliphatic heterocycles. The smallest absolute Gasteiger partial charge is 0.373 e. The lowest BCUT2D eigenvalue weighted by atomic mass is 9.86. The largest absolute Gasteiger partial charge is 0.481 e. The Labute approximate surface area is 158 Å². The van der Waals surface area contributed by atoms with E-state index in [1.165, 1.54) is 34.0 Å². The van der Waals surface area contributed by atoms with Gasteiger partial charge < -0.3 is 24.3 Å². The van der Waals surface area contributed by atoms with Gasteiger partial charge in [-0.05, 0) is 6.42 Å². The molecule has 0 unspecified atom stereocenters. The molecule has 0 aromatic heterocycles. The first kappa shape index (κ1) is 22.5. The van der Waals surface area contributed by atoms with E-state index in [4.69, 9.17) is 18.9 Å². The second-order valence-electron chi connectivity index (χ2n) is 6.32. The number of carbonyl (C=O) groups excluding carboxylic acids is 4. The SMILES string of the molecule is CC[C@@H](OC(C)=O)[C@@H](C)[C@@H]1OC(C(=O)OC)=C[C@H](OC(C)=O)[C@H]1NC(C)=O. The molecule has 0 aromatic carbocycles. The fraction of sp³-hybridized carbons (Fsp3) is 0.667. The lowest BCUT2D eigenvalue weighted by Crippen LogP contribution is -2.58. The monoisotopic (exact) mass is 385 g/mol.